The van der Waals surface area contributed by atoms with Crippen molar-refractivity contribution in [1.29, 1.82) is 0 Å². The van der Waals surface area contributed by atoms with Crippen LogP contribution in [0.15, 0.2) is 23.1 Å². The fourth-order valence-electron chi connectivity index (χ4n) is 5.59. The number of hydrogen-bond donors (Lipinski definition) is 0. The average molecular weight is 547 g/mol. The molecule has 1 unspecified atom stereocenters. The first-order valence-corrected chi connectivity index (χ1v) is 15.1. The number of piperazine rings is 1. The molecular weight excluding hydrogens is 509 g/mol. The smallest absolute Gasteiger partial charge is 0.248 e. The highest BCUT2D eigenvalue weighted by atomic mass is 35.5. The van der Waals surface area contributed by atoms with Crippen molar-refractivity contribution < 1.29 is 17.9 Å². The number of halogens is 2. The zero-order valence-corrected chi connectivity index (χ0v) is 22.7. The second-order valence-corrected chi connectivity index (χ2v) is 12.7. The molecule has 2 saturated heterocycles. The topological polar surface area (TPSA) is 70.2 Å². The molecular formula is C25H37Cl2N3O4S. The summed E-state index contributed by atoms with van der Waals surface area (Å²) in [5, 5.41) is 0.223. The average Bonchev–Trinajstić information content (AvgIpc) is 2.85. The molecule has 4 rings (SSSR count). The highest BCUT2D eigenvalue weighted by Crippen LogP contribution is 2.34. The molecule has 0 N–H and O–H groups in total. The van der Waals surface area contributed by atoms with Gasteiger partial charge in [-0.15, -0.1) is 0 Å². The summed E-state index contributed by atoms with van der Waals surface area (Å²) in [4.78, 5) is 17.0. The van der Waals surface area contributed by atoms with Crippen molar-refractivity contribution in [2.24, 2.45) is 5.92 Å². The molecule has 1 saturated carbocycles. The Bertz CT molecular complexity index is 943. The van der Waals surface area contributed by atoms with E-state index in [1.807, 2.05) is 4.90 Å². The minimum atomic E-state index is -3.87. The maximum absolute atomic E-state index is 13.4. The van der Waals surface area contributed by atoms with E-state index in [0.29, 0.717) is 13.0 Å². The lowest BCUT2D eigenvalue weighted by atomic mass is 9.89. The van der Waals surface area contributed by atoms with Crippen molar-refractivity contribution in [3.8, 4) is 0 Å². The SMILES string of the molecule is O=C(COCC1CCCCN1S(=O)(=O)c1c(Cl)cccc1Cl)N1CCN(CC2CCCCC2)CC1. The van der Waals surface area contributed by atoms with Crippen LogP contribution in [0.2, 0.25) is 10.0 Å². The predicted molar refractivity (Wildman–Crippen MR) is 138 cm³/mol. The summed E-state index contributed by atoms with van der Waals surface area (Å²) in [6.45, 7) is 4.96. The zero-order chi connectivity index (χ0) is 24.8. The Morgan fingerprint density at radius 2 is 1.57 bits per heavy atom. The second-order valence-electron chi connectivity index (χ2n) is 10.0. The van der Waals surface area contributed by atoms with Gasteiger partial charge in [0, 0.05) is 45.3 Å². The molecule has 2 aliphatic heterocycles. The molecule has 0 bridgehead atoms. The van der Waals surface area contributed by atoms with E-state index in [2.05, 4.69) is 4.90 Å². The first-order chi connectivity index (χ1) is 16.9. The standard InChI is InChI=1S/C25H37Cl2N3O4S/c26-22-10-6-11-23(27)25(22)35(32,33)30-12-5-4-9-21(30)18-34-19-24(31)29-15-13-28(14-16-29)17-20-7-2-1-3-8-20/h6,10-11,20-21H,1-5,7-9,12-19H2. The summed E-state index contributed by atoms with van der Waals surface area (Å²) in [6, 6.07) is 4.34. The molecule has 0 aromatic heterocycles. The van der Waals surface area contributed by atoms with Gasteiger partial charge in [0.1, 0.15) is 11.5 Å². The number of hydrogen-bond acceptors (Lipinski definition) is 5. The number of benzene rings is 1. The Labute approximate surface area is 219 Å². The highest BCUT2D eigenvalue weighted by Gasteiger charge is 2.36. The van der Waals surface area contributed by atoms with Gasteiger partial charge in [-0.3, -0.25) is 9.69 Å². The van der Waals surface area contributed by atoms with Crippen LogP contribution in [0.1, 0.15) is 51.4 Å². The number of carbonyl (C=O) groups excluding carboxylic acids is 1. The van der Waals surface area contributed by atoms with E-state index in [4.69, 9.17) is 27.9 Å². The minimum absolute atomic E-state index is 0.0262. The summed E-state index contributed by atoms with van der Waals surface area (Å²) in [5.74, 6) is 0.784. The zero-order valence-electron chi connectivity index (χ0n) is 20.3. The maximum Gasteiger partial charge on any atom is 0.248 e. The molecule has 2 heterocycles. The highest BCUT2D eigenvalue weighted by molar-refractivity contribution is 7.89. The van der Waals surface area contributed by atoms with Gasteiger partial charge >= 0.3 is 0 Å². The summed E-state index contributed by atoms with van der Waals surface area (Å²) in [6.07, 6.45) is 9.10. The summed E-state index contributed by atoms with van der Waals surface area (Å²) in [5.41, 5.74) is 0. The molecule has 1 atom stereocenters. The fourth-order valence-corrected chi connectivity index (χ4v) is 8.37. The van der Waals surface area contributed by atoms with Gasteiger partial charge in [0.15, 0.2) is 0 Å². The van der Waals surface area contributed by atoms with E-state index in [1.165, 1.54) is 48.5 Å². The van der Waals surface area contributed by atoms with Gasteiger partial charge in [0.2, 0.25) is 15.9 Å². The normalized spacial score (nSPS) is 23.5. The van der Waals surface area contributed by atoms with Crippen LogP contribution < -0.4 is 0 Å². The van der Waals surface area contributed by atoms with Crippen molar-refractivity contribution >= 4 is 39.1 Å². The molecule has 35 heavy (non-hydrogen) atoms. The van der Waals surface area contributed by atoms with Gasteiger partial charge in [-0.1, -0.05) is 55.0 Å². The Morgan fingerprint density at radius 1 is 0.914 bits per heavy atom. The number of rotatable bonds is 8. The number of ether oxygens (including phenoxy) is 1. The third-order valence-corrected chi connectivity index (χ3v) is 10.5. The lowest BCUT2D eigenvalue weighted by Gasteiger charge is -2.37. The Kier molecular flexibility index (Phi) is 9.74. The summed E-state index contributed by atoms with van der Waals surface area (Å²) in [7, 11) is -3.87. The monoisotopic (exact) mass is 545 g/mol. The summed E-state index contributed by atoms with van der Waals surface area (Å²) < 4.78 is 34.0. The molecule has 0 radical (unpaired) electrons. The van der Waals surface area contributed by atoms with E-state index < -0.39 is 10.0 Å². The first kappa shape index (κ1) is 27.1. The van der Waals surface area contributed by atoms with Crippen molar-refractivity contribution in [3.05, 3.63) is 28.2 Å². The van der Waals surface area contributed by atoms with Crippen molar-refractivity contribution in [2.75, 3.05) is 52.5 Å². The van der Waals surface area contributed by atoms with Crippen molar-refractivity contribution in [1.82, 2.24) is 14.1 Å². The van der Waals surface area contributed by atoms with Gasteiger partial charge in [-0.25, -0.2) is 8.42 Å². The third kappa shape index (κ3) is 6.90. The van der Waals surface area contributed by atoms with Gasteiger partial charge in [0.05, 0.1) is 16.7 Å². The van der Waals surface area contributed by atoms with Crippen LogP contribution in [0.4, 0.5) is 0 Å². The molecule has 1 amide bonds. The van der Waals surface area contributed by atoms with Gasteiger partial charge in [0.25, 0.3) is 0 Å². The van der Waals surface area contributed by atoms with E-state index in [0.717, 1.165) is 51.5 Å². The van der Waals surface area contributed by atoms with E-state index in [9.17, 15) is 13.2 Å². The van der Waals surface area contributed by atoms with Gasteiger partial charge in [-0.2, -0.15) is 4.31 Å². The van der Waals surface area contributed by atoms with Crippen LogP contribution in [0.25, 0.3) is 0 Å². The van der Waals surface area contributed by atoms with Crippen molar-refractivity contribution in [3.63, 3.8) is 0 Å². The van der Waals surface area contributed by atoms with Crippen LogP contribution in [-0.2, 0) is 19.6 Å². The molecule has 0 spiro atoms. The lowest BCUT2D eigenvalue weighted by molar-refractivity contribution is -0.138. The number of amides is 1. The molecule has 1 aliphatic carbocycles. The molecule has 1 aromatic rings. The van der Waals surface area contributed by atoms with Crippen LogP contribution in [0.5, 0.6) is 0 Å². The van der Waals surface area contributed by atoms with Gasteiger partial charge in [-0.05, 0) is 43.7 Å². The molecule has 1 aromatic carbocycles. The van der Waals surface area contributed by atoms with E-state index in [-0.39, 0.29) is 40.1 Å². The Morgan fingerprint density at radius 3 is 2.26 bits per heavy atom. The molecule has 3 fully saturated rings. The van der Waals surface area contributed by atoms with Gasteiger partial charge < -0.3 is 9.64 Å². The number of nitrogens with zero attached hydrogens (tertiary/aromatic N) is 3. The quantitative estimate of drug-likeness (QED) is 0.487. The maximum atomic E-state index is 13.4. The van der Waals surface area contributed by atoms with Crippen LogP contribution in [-0.4, -0.2) is 87.0 Å². The first-order valence-electron chi connectivity index (χ1n) is 12.9. The molecule has 7 nitrogen and oxygen atoms in total. The Balaban J connectivity index is 1.26. The van der Waals surface area contributed by atoms with Crippen molar-refractivity contribution in [2.45, 2.75) is 62.3 Å². The molecule has 196 valence electrons. The molecule has 3 aliphatic rings. The largest absolute Gasteiger partial charge is 0.370 e. The second kappa shape index (κ2) is 12.6. The van der Waals surface area contributed by atoms with Crippen LogP contribution in [0.3, 0.4) is 0 Å². The van der Waals surface area contributed by atoms with Crippen LogP contribution in [0, 0.1) is 5.92 Å². The fraction of sp³-hybridized carbons (Fsp3) is 0.720. The predicted octanol–water partition coefficient (Wildman–Crippen LogP) is 4.28. The number of sulfonamides is 1. The minimum Gasteiger partial charge on any atom is -0.370 e. The van der Waals surface area contributed by atoms with E-state index in [1.54, 1.807) is 6.07 Å². The lowest BCUT2D eigenvalue weighted by Crippen LogP contribution is -2.51. The number of piperidine rings is 1. The molecule has 10 heteroatoms. The Hall–Kier alpha value is -0.900. The number of carbonyl (C=O) groups is 1. The third-order valence-electron chi connectivity index (χ3n) is 7.56. The van der Waals surface area contributed by atoms with Crippen LogP contribution >= 0.6 is 23.2 Å². The van der Waals surface area contributed by atoms with E-state index >= 15 is 0 Å². The summed E-state index contributed by atoms with van der Waals surface area (Å²) >= 11 is 12.4.